The summed E-state index contributed by atoms with van der Waals surface area (Å²) in [5.41, 5.74) is 1.43. The number of fused-ring (bicyclic) bond motifs is 5. The van der Waals surface area contributed by atoms with E-state index in [-0.39, 0.29) is 6.10 Å². The molecule has 0 aromatic heterocycles. The lowest BCUT2D eigenvalue weighted by Gasteiger charge is -2.65. The minimum atomic E-state index is -0.0435. The summed E-state index contributed by atoms with van der Waals surface area (Å²) in [4.78, 5) is 0. The standard InChI is InChI=1S/C30H54O/c1-8-22(20(2)3)10-9-21(4)25-11-12-26-24-14-16-28(5)19-23(31)13-18-30(28,7)27(24)15-17-29(25,26)6/h20-27,31H,8-19H2,1-7H3/t21-,22-,23+,24+,25-,26+,27+,28+,29-,30-/m1/s1. The Bertz CT molecular complexity index is 626. The van der Waals surface area contributed by atoms with Crippen LogP contribution in [0.4, 0.5) is 0 Å². The van der Waals surface area contributed by atoms with Crippen molar-refractivity contribution in [2.45, 2.75) is 132 Å². The highest BCUT2D eigenvalue weighted by Gasteiger charge is 2.63. The van der Waals surface area contributed by atoms with Crippen LogP contribution in [0.2, 0.25) is 0 Å². The van der Waals surface area contributed by atoms with Crippen LogP contribution in [0, 0.1) is 57.7 Å². The molecular formula is C30H54O. The van der Waals surface area contributed by atoms with Crippen LogP contribution in [-0.2, 0) is 0 Å². The Labute approximate surface area is 194 Å². The van der Waals surface area contributed by atoms with Crippen molar-refractivity contribution in [3.63, 3.8) is 0 Å². The molecule has 0 amide bonds. The summed E-state index contributed by atoms with van der Waals surface area (Å²) in [7, 11) is 0. The van der Waals surface area contributed by atoms with E-state index in [1.165, 1.54) is 64.2 Å². The molecule has 4 saturated carbocycles. The van der Waals surface area contributed by atoms with E-state index in [1.807, 2.05) is 0 Å². The molecule has 0 heterocycles. The molecule has 180 valence electrons. The van der Waals surface area contributed by atoms with Gasteiger partial charge in [0.15, 0.2) is 0 Å². The zero-order valence-electron chi connectivity index (χ0n) is 22.1. The van der Waals surface area contributed by atoms with Crippen LogP contribution in [0.15, 0.2) is 0 Å². The molecule has 0 aromatic rings. The van der Waals surface area contributed by atoms with Gasteiger partial charge in [-0.15, -0.1) is 0 Å². The molecule has 1 heteroatoms. The van der Waals surface area contributed by atoms with Gasteiger partial charge in [0.1, 0.15) is 0 Å². The molecule has 4 rings (SSSR count). The maximum absolute atomic E-state index is 10.5. The fourth-order valence-corrected chi connectivity index (χ4v) is 10.3. The van der Waals surface area contributed by atoms with Crippen LogP contribution in [0.5, 0.6) is 0 Å². The summed E-state index contributed by atoms with van der Waals surface area (Å²) in [6.45, 7) is 17.8. The zero-order chi connectivity index (χ0) is 22.6. The van der Waals surface area contributed by atoms with Crippen LogP contribution in [0.25, 0.3) is 0 Å². The minimum Gasteiger partial charge on any atom is -0.393 e. The maximum Gasteiger partial charge on any atom is 0.0545 e. The van der Waals surface area contributed by atoms with Crippen molar-refractivity contribution >= 4 is 0 Å². The number of aliphatic hydroxyl groups excluding tert-OH is 1. The van der Waals surface area contributed by atoms with Crippen molar-refractivity contribution in [1.29, 1.82) is 0 Å². The van der Waals surface area contributed by atoms with E-state index in [1.54, 1.807) is 0 Å². The molecule has 10 atom stereocenters. The molecule has 0 bridgehead atoms. The molecule has 31 heavy (non-hydrogen) atoms. The van der Waals surface area contributed by atoms with Gasteiger partial charge in [0.25, 0.3) is 0 Å². The molecule has 1 nitrogen and oxygen atoms in total. The van der Waals surface area contributed by atoms with Crippen molar-refractivity contribution in [3.05, 3.63) is 0 Å². The predicted octanol–water partition coefficient (Wildman–Crippen LogP) is 8.49. The molecule has 0 aliphatic heterocycles. The molecule has 0 radical (unpaired) electrons. The van der Waals surface area contributed by atoms with Gasteiger partial charge in [0.2, 0.25) is 0 Å². The van der Waals surface area contributed by atoms with Crippen molar-refractivity contribution in [1.82, 2.24) is 0 Å². The van der Waals surface area contributed by atoms with E-state index >= 15 is 0 Å². The monoisotopic (exact) mass is 430 g/mol. The highest BCUT2D eigenvalue weighted by Crippen LogP contribution is 2.71. The smallest absolute Gasteiger partial charge is 0.0545 e. The van der Waals surface area contributed by atoms with Crippen LogP contribution in [0.3, 0.4) is 0 Å². The SMILES string of the molecule is CC[C@H](CC[C@@H](C)[C@H]1CC[C@H]2[C@@H]3CC[C@@]4(C)C[C@@H](O)CC[C@]4(C)[C@H]3CC[C@]12C)C(C)C. The third-order valence-electron chi connectivity index (χ3n) is 12.6. The minimum absolute atomic E-state index is 0.0435. The number of hydrogen-bond donors (Lipinski definition) is 1. The Morgan fingerprint density at radius 1 is 0.839 bits per heavy atom. The summed E-state index contributed by atoms with van der Waals surface area (Å²) in [5, 5.41) is 10.5. The van der Waals surface area contributed by atoms with Gasteiger partial charge < -0.3 is 5.11 Å². The molecule has 0 spiro atoms. The maximum atomic E-state index is 10.5. The third-order valence-corrected chi connectivity index (χ3v) is 12.6. The van der Waals surface area contributed by atoms with Gasteiger partial charge >= 0.3 is 0 Å². The van der Waals surface area contributed by atoms with E-state index in [4.69, 9.17) is 0 Å². The fraction of sp³-hybridized carbons (Fsp3) is 1.00. The first-order valence-electron chi connectivity index (χ1n) is 14.2. The second kappa shape index (κ2) is 8.63. The number of hydrogen-bond acceptors (Lipinski definition) is 1. The number of aliphatic hydroxyl groups is 1. The van der Waals surface area contributed by atoms with E-state index in [0.717, 1.165) is 54.3 Å². The lowest BCUT2D eigenvalue weighted by Crippen LogP contribution is -2.58. The molecule has 4 aliphatic rings. The van der Waals surface area contributed by atoms with E-state index in [2.05, 4.69) is 48.5 Å². The van der Waals surface area contributed by atoms with Crippen LogP contribution in [0.1, 0.15) is 126 Å². The van der Waals surface area contributed by atoms with Gasteiger partial charge in [-0.3, -0.25) is 0 Å². The normalized spacial score (nSPS) is 49.3. The molecule has 1 N–H and O–H groups in total. The summed E-state index contributed by atoms with van der Waals surface area (Å²) >= 11 is 0. The average molecular weight is 431 g/mol. The lowest BCUT2D eigenvalue weighted by atomic mass is 9.40. The second-order valence-electron chi connectivity index (χ2n) is 14.0. The van der Waals surface area contributed by atoms with Gasteiger partial charge in [-0.25, -0.2) is 0 Å². The largest absolute Gasteiger partial charge is 0.393 e. The Balaban J connectivity index is 1.48. The first-order valence-corrected chi connectivity index (χ1v) is 14.2. The molecule has 0 saturated heterocycles. The first-order chi connectivity index (χ1) is 14.6. The van der Waals surface area contributed by atoms with Crippen LogP contribution < -0.4 is 0 Å². The van der Waals surface area contributed by atoms with Gasteiger partial charge in [-0.1, -0.05) is 61.3 Å². The van der Waals surface area contributed by atoms with Crippen molar-refractivity contribution in [2.24, 2.45) is 57.7 Å². The Hall–Kier alpha value is -0.0400. The quantitative estimate of drug-likeness (QED) is 0.448. The number of rotatable bonds is 6. The van der Waals surface area contributed by atoms with Crippen LogP contribution >= 0.6 is 0 Å². The van der Waals surface area contributed by atoms with Crippen molar-refractivity contribution in [3.8, 4) is 0 Å². The average Bonchev–Trinajstić information content (AvgIpc) is 3.06. The second-order valence-corrected chi connectivity index (χ2v) is 14.0. The van der Waals surface area contributed by atoms with E-state index in [9.17, 15) is 5.11 Å². The van der Waals surface area contributed by atoms with Crippen molar-refractivity contribution < 1.29 is 5.11 Å². The zero-order valence-corrected chi connectivity index (χ0v) is 22.1. The van der Waals surface area contributed by atoms with Gasteiger partial charge in [-0.2, -0.15) is 0 Å². The summed E-state index contributed by atoms with van der Waals surface area (Å²) in [6, 6.07) is 0. The Morgan fingerprint density at radius 3 is 2.26 bits per heavy atom. The third kappa shape index (κ3) is 3.85. The summed E-state index contributed by atoms with van der Waals surface area (Å²) < 4.78 is 0. The Morgan fingerprint density at radius 2 is 1.58 bits per heavy atom. The van der Waals surface area contributed by atoms with Crippen LogP contribution in [-0.4, -0.2) is 11.2 Å². The molecule has 0 aromatic carbocycles. The highest BCUT2D eigenvalue weighted by molar-refractivity contribution is 5.12. The van der Waals surface area contributed by atoms with E-state index < -0.39 is 0 Å². The summed E-state index contributed by atoms with van der Waals surface area (Å²) in [6.07, 6.45) is 16.3. The van der Waals surface area contributed by atoms with Gasteiger partial charge in [0.05, 0.1) is 6.10 Å². The van der Waals surface area contributed by atoms with Gasteiger partial charge in [-0.05, 0) is 122 Å². The lowest BCUT2D eigenvalue weighted by molar-refractivity contribution is -0.171. The first kappa shape index (κ1) is 24.1. The molecular weight excluding hydrogens is 376 g/mol. The predicted molar refractivity (Wildman–Crippen MR) is 133 cm³/mol. The fourth-order valence-electron chi connectivity index (χ4n) is 10.3. The molecule has 4 aliphatic carbocycles. The van der Waals surface area contributed by atoms with Crippen molar-refractivity contribution in [2.75, 3.05) is 0 Å². The summed E-state index contributed by atoms with van der Waals surface area (Å²) in [5.74, 6) is 6.45. The van der Waals surface area contributed by atoms with E-state index in [0.29, 0.717) is 16.2 Å². The highest BCUT2D eigenvalue weighted by atomic mass is 16.3. The molecule has 0 unspecified atom stereocenters. The topological polar surface area (TPSA) is 20.2 Å². The van der Waals surface area contributed by atoms with Gasteiger partial charge in [0, 0.05) is 0 Å². The molecule has 4 fully saturated rings. The Kier molecular flexibility index (Phi) is 6.71.